The summed E-state index contributed by atoms with van der Waals surface area (Å²) in [6.07, 6.45) is 1.63. The molecule has 0 aliphatic carbocycles. The highest BCUT2D eigenvalue weighted by Gasteiger charge is 2.22. The molecule has 0 saturated carbocycles. The molecule has 31 heavy (non-hydrogen) atoms. The summed E-state index contributed by atoms with van der Waals surface area (Å²) in [5.74, 6) is 0.967. The zero-order valence-electron chi connectivity index (χ0n) is 18.3. The second kappa shape index (κ2) is 7.62. The fourth-order valence-corrected chi connectivity index (χ4v) is 5.11. The van der Waals surface area contributed by atoms with Crippen LogP contribution in [0.4, 0.5) is 11.5 Å². The minimum atomic E-state index is -0.0530. The minimum Gasteiger partial charge on any atom is -0.377 e. The van der Waals surface area contributed by atoms with Crippen LogP contribution in [0.2, 0.25) is 0 Å². The number of rotatable bonds is 3. The third-order valence-electron chi connectivity index (χ3n) is 5.94. The van der Waals surface area contributed by atoms with Crippen molar-refractivity contribution in [1.82, 2.24) is 19.4 Å². The SMILES string of the molecule is Cc1ccc(-n2cnc3c(sc4nc(N5CCN(C)CC5)cc(N(C)C)c43)c2=O)cc1. The Morgan fingerprint density at radius 1 is 1.06 bits per heavy atom. The Hall–Kier alpha value is -2.97. The zero-order chi connectivity index (χ0) is 21.7. The Morgan fingerprint density at radius 3 is 2.45 bits per heavy atom. The second-order valence-corrected chi connectivity index (χ2v) is 9.40. The highest BCUT2D eigenvalue weighted by molar-refractivity contribution is 7.25. The smallest absolute Gasteiger partial charge is 0.275 e. The number of benzene rings is 1. The van der Waals surface area contributed by atoms with E-state index in [0.29, 0.717) is 4.70 Å². The van der Waals surface area contributed by atoms with Gasteiger partial charge in [-0.15, -0.1) is 11.3 Å². The Kier molecular flexibility index (Phi) is 4.91. The van der Waals surface area contributed by atoms with Crippen LogP contribution in [0.15, 0.2) is 41.5 Å². The van der Waals surface area contributed by atoms with Crippen LogP contribution >= 0.6 is 11.3 Å². The molecule has 1 aliphatic rings. The van der Waals surface area contributed by atoms with Crippen molar-refractivity contribution < 1.29 is 0 Å². The lowest BCUT2D eigenvalue weighted by atomic mass is 10.2. The molecule has 4 aromatic rings. The van der Waals surface area contributed by atoms with E-state index < -0.39 is 0 Å². The van der Waals surface area contributed by atoms with Gasteiger partial charge in [0.15, 0.2) is 0 Å². The van der Waals surface area contributed by atoms with Crippen LogP contribution in [0.3, 0.4) is 0 Å². The van der Waals surface area contributed by atoms with E-state index in [1.165, 1.54) is 11.3 Å². The molecule has 0 atom stereocenters. The summed E-state index contributed by atoms with van der Waals surface area (Å²) in [5.41, 5.74) is 3.70. The number of fused-ring (bicyclic) bond motifs is 3. The molecule has 0 bridgehead atoms. The molecule has 4 heterocycles. The molecule has 0 unspecified atom stereocenters. The van der Waals surface area contributed by atoms with Crippen molar-refractivity contribution in [3.8, 4) is 5.69 Å². The molecule has 7 nitrogen and oxygen atoms in total. The molecular weight excluding hydrogens is 408 g/mol. The van der Waals surface area contributed by atoms with Gasteiger partial charge in [0.2, 0.25) is 0 Å². The van der Waals surface area contributed by atoms with E-state index in [1.54, 1.807) is 10.9 Å². The van der Waals surface area contributed by atoms with E-state index in [9.17, 15) is 4.79 Å². The maximum Gasteiger partial charge on any atom is 0.275 e. The number of piperazine rings is 1. The number of likely N-dealkylation sites (N-methyl/N-ethyl adjacent to an activating group) is 1. The third kappa shape index (κ3) is 3.45. The largest absolute Gasteiger partial charge is 0.377 e. The number of hydrogen-bond donors (Lipinski definition) is 0. The Balaban J connectivity index is 1.69. The second-order valence-electron chi connectivity index (χ2n) is 8.40. The van der Waals surface area contributed by atoms with Gasteiger partial charge in [-0.3, -0.25) is 9.36 Å². The van der Waals surface area contributed by atoms with Crippen molar-refractivity contribution in [2.24, 2.45) is 0 Å². The van der Waals surface area contributed by atoms with E-state index in [-0.39, 0.29) is 5.56 Å². The van der Waals surface area contributed by atoms with Gasteiger partial charge in [0.05, 0.1) is 16.8 Å². The topological polar surface area (TPSA) is 57.5 Å². The van der Waals surface area contributed by atoms with Gasteiger partial charge in [-0.05, 0) is 26.1 Å². The predicted molar refractivity (Wildman–Crippen MR) is 129 cm³/mol. The molecule has 5 rings (SSSR count). The Bertz CT molecular complexity index is 1320. The van der Waals surface area contributed by atoms with Crippen molar-refractivity contribution in [2.45, 2.75) is 6.92 Å². The average Bonchev–Trinajstić information content (AvgIpc) is 3.14. The summed E-state index contributed by atoms with van der Waals surface area (Å²) in [5, 5.41) is 0.955. The summed E-state index contributed by atoms with van der Waals surface area (Å²) in [7, 11) is 6.20. The van der Waals surface area contributed by atoms with Crippen LogP contribution in [-0.2, 0) is 0 Å². The third-order valence-corrected chi connectivity index (χ3v) is 7.00. The number of thiophene rings is 1. The first-order chi connectivity index (χ1) is 14.9. The van der Waals surface area contributed by atoms with Crippen molar-refractivity contribution in [1.29, 1.82) is 0 Å². The number of aromatic nitrogens is 3. The quantitative estimate of drug-likeness (QED) is 0.494. The van der Waals surface area contributed by atoms with E-state index in [0.717, 1.165) is 64.7 Å². The van der Waals surface area contributed by atoms with Gasteiger partial charge in [0, 0.05) is 46.3 Å². The van der Waals surface area contributed by atoms with E-state index >= 15 is 0 Å². The first-order valence-corrected chi connectivity index (χ1v) is 11.3. The van der Waals surface area contributed by atoms with Crippen molar-refractivity contribution >= 4 is 43.3 Å². The summed E-state index contributed by atoms with van der Waals surface area (Å²) in [4.78, 5) is 30.7. The molecule has 0 radical (unpaired) electrons. The maximum atomic E-state index is 13.4. The van der Waals surface area contributed by atoms with Gasteiger partial charge < -0.3 is 14.7 Å². The van der Waals surface area contributed by atoms with Gasteiger partial charge in [-0.2, -0.15) is 0 Å². The van der Waals surface area contributed by atoms with Crippen molar-refractivity contribution in [3.05, 3.63) is 52.6 Å². The lowest BCUT2D eigenvalue weighted by Gasteiger charge is -2.33. The molecule has 0 amide bonds. The van der Waals surface area contributed by atoms with Gasteiger partial charge in [0.25, 0.3) is 5.56 Å². The normalized spacial score (nSPS) is 15.2. The van der Waals surface area contributed by atoms with E-state index in [4.69, 9.17) is 9.97 Å². The Morgan fingerprint density at radius 2 is 1.77 bits per heavy atom. The minimum absolute atomic E-state index is 0.0530. The van der Waals surface area contributed by atoms with Crippen molar-refractivity contribution in [3.63, 3.8) is 0 Å². The monoisotopic (exact) mass is 434 g/mol. The molecule has 160 valence electrons. The van der Waals surface area contributed by atoms with E-state index in [2.05, 4.69) is 27.8 Å². The fourth-order valence-electron chi connectivity index (χ4n) is 4.04. The molecule has 1 aliphatic heterocycles. The van der Waals surface area contributed by atoms with Gasteiger partial charge in [-0.1, -0.05) is 17.7 Å². The van der Waals surface area contributed by atoms with Crippen molar-refractivity contribution in [2.75, 3.05) is 57.1 Å². The Labute approximate surface area is 185 Å². The van der Waals surface area contributed by atoms with Crippen LogP contribution in [0.25, 0.3) is 26.1 Å². The van der Waals surface area contributed by atoms with Gasteiger partial charge >= 0.3 is 0 Å². The molecule has 3 aromatic heterocycles. The molecule has 0 N–H and O–H groups in total. The summed E-state index contributed by atoms with van der Waals surface area (Å²) < 4.78 is 2.26. The molecule has 1 fully saturated rings. The summed E-state index contributed by atoms with van der Waals surface area (Å²) >= 11 is 1.44. The lowest BCUT2D eigenvalue weighted by molar-refractivity contribution is 0.312. The first kappa shape index (κ1) is 20.0. The van der Waals surface area contributed by atoms with Crippen LogP contribution < -0.4 is 15.4 Å². The fraction of sp³-hybridized carbons (Fsp3) is 0.348. The first-order valence-electron chi connectivity index (χ1n) is 10.4. The summed E-state index contributed by atoms with van der Waals surface area (Å²) in [6, 6.07) is 10.0. The highest BCUT2D eigenvalue weighted by Crippen LogP contribution is 2.38. The number of nitrogens with zero attached hydrogens (tertiary/aromatic N) is 6. The number of aryl methyl sites for hydroxylation is 1. The zero-order valence-corrected chi connectivity index (χ0v) is 19.1. The van der Waals surface area contributed by atoms with Crippen LogP contribution in [0.5, 0.6) is 0 Å². The van der Waals surface area contributed by atoms with Crippen LogP contribution in [-0.4, -0.2) is 66.8 Å². The maximum absolute atomic E-state index is 13.4. The lowest BCUT2D eigenvalue weighted by Crippen LogP contribution is -2.44. The highest BCUT2D eigenvalue weighted by atomic mass is 32.1. The summed E-state index contributed by atoms with van der Waals surface area (Å²) in [6.45, 7) is 5.97. The number of anilines is 2. The molecule has 1 saturated heterocycles. The standard InChI is InChI=1S/C23H26N6OS/c1-15-5-7-16(8-6-15)29-14-24-20-19-17(26(2)3)13-18(28-11-9-27(4)10-12-28)25-22(19)31-21(20)23(29)30/h5-8,13-14H,9-12H2,1-4H3. The van der Waals surface area contributed by atoms with E-state index in [1.807, 2.05) is 45.3 Å². The average molecular weight is 435 g/mol. The van der Waals surface area contributed by atoms with Crippen LogP contribution in [0.1, 0.15) is 5.56 Å². The van der Waals surface area contributed by atoms with Crippen LogP contribution in [0, 0.1) is 6.92 Å². The molecule has 8 heteroatoms. The molecule has 0 spiro atoms. The van der Waals surface area contributed by atoms with Gasteiger partial charge in [0.1, 0.15) is 27.2 Å². The number of hydrogen-bond acceptors (Lipinski definition) is 7. The molecular formula is C23H26N6OS. The van der Waals surface area contributed by atoms with Gasteiger partial charge in [-0.25, -0.2) is 9.97 Å². The number of pyridine rings is 1. The molecule has 1 aromatic carbocycles. The predicted octanol–water partition coefficient (Wildman–Crippen LogP) is 3.12.